The fraction of sp³-hybridized carbons (Fsp3) is 0.455. The largest absolute Gasteiger partial charge is 0.212 e. The summed E-state index contributed by atoms with van der Waals surface area (Å²) in [6, 6.07) is 37.1. The van der Waals surface area contributed by atoms with E-state index in [9.17, 15) is 0 Å². The van der Waals surface area contributed by atoms with E-state index >= 15 is 0 Å². The molecular weight excluding hydrogens is 1280 g/mol. The zero-order chi connectivity index (χ0) is 73.8. The molecule has 106 heavy (non-hydrogen) atoms. The summed E-state index contributed by atoms with van der Waals surface area (Å²) in [5.74, 6) is 2.59. The zero-order valence-electron chi connectivity index (χ0n) is 67.8. The van der Waals surface area contributed by atoms with Gasteiger partial charge >= 0.3 is 0 Å². The molecule has 0 saturated heterocycles. The highest BCUT2D eigenvalue weighted by Gasteiger charge is 2.43. The number of hydrogen-bond donors (Lipinski definition) is 0. The summed E-state index contributed by atoms with van der Waals surface area (Å²) in [5, 5.41) is 0. The van der Waals surface area contributed by atoms with E-state index in [-0.39, 0.29) is 0 Å². The normalized spacial score (nSPS) is 21.0. The fourth-order valence-electron chi connectivity index (χ4n) is 22.8. The fourth-order valence-corrected chi connectivity index (χ4v) is 22.8. The Morgan fingerprint density at radius 3 is 1.07 bits per heavy atom. The third-order valence-electron chi connectivity index (χ3n) is 28.7. The first kappa shape index (κ1) is 72.1. The van der Waals surface area contributed by atoms with Gasteiger partial charge in [-0.15, -0.1) is 0 Å². The van der Waals surface area contributed by atoms with E-state index in [4.69, 9.17) is 0 Å². The molecule has 20 rings (SSSR count). The van der Waals surface area contributed by atoms with Crippen molar-refractivity contribution in [2.45, 2.75) is 265 Å². The number of rotatable bonds is 5. The lowest BCUT2D eigenvalue weighted by molar-refractivity contribution is -0.660. The van der Waals surface area contributed by atoms with Crippen molar-refractivity contribution < 1.29 is 22.8 Å². The van der Waals surface area contributed by atoms with Gasteiger partial charge in [-0.1, -0.05) is 13.8 Å². The van der Waals surface area contributed by atoms with Gasteiger partial charge in [0.1, 0.15) is 35.2 Å². The average Bonchev–Trinajstić information content (AvgIpc) is 1.49. The first-order valence-electron chi connectivity index (χ1n) is 41.6. The molecule has 0 bridgehead atoms. The van der Waals surface area contributed by atoms with Crippen LogP contribution in [0.15, 0.2) is 128 Å². The molecule has 0 N–H and O–H groups in total. The molecule has 0 spiro atoms. The van der Waals surface area contributed by atoms with Crippen LogP contribution in [0.25, 0.3) is 56.3 Å². The van der Waals surface area contributed by atoms with E-state index in [0.717, 1.165) is 17.8 Å². The molecule has 0 aliphatic heterocycles. The van der Waals surface area contributed by atoms with Crippen molar-refractivity contribution >= 4 is 0 Å². The van der Waals surface area contributed by atoms with Crippen LogP contribution in [0.5, 0.6) is 0 Å². The van der Waals surface area contributed by atoms with E-state index in [1.165, 1.54) is 267 Å². The van der Waals surface area contributed by atoms with Crippen molar-refractivity contribution in [2.75, 3.05) is 0 Å². The summed E-state index contributed by atoms with van der Waals surface area (Å²) in [6.07, 6.45) is 44.4. The molecule has 10 aliphatic carbocycles. The van der Waals surface area contributed by atoms with Gasteiger partial charge in [0.25, 0.3) is 0 Å². The second-order valence-corrected chi connectivity index (χ2v) is 35.6. The van der Waals surface area contributed by atoms with Gasteiger partial charge in [-0.25, -0.2) is 22.8 Å². The molecule has 10 aromatic rings. The number of benzene rings is 5. The van der Waals surface area contributed by atoms with Gasteiger partial charge in [0.05, 0.1) is 0 Å². The van der Waals surface area contributed by atoms with E-state index in [2.05, 4.69) is 262 Å². The lowest BCUT2D eigenvalue weighted by Crippen LogP contribution is -2.34. The molecule has 0 radical (unpaired) electrons. The van der Waals surface area contributed by atoms with Crippen LogP contribution in [0.2, 0.25) is 0 Å². The summed E-state index contributed by atoms with van der Waals surface area (Å²) < 4.78 is 11.3. The second-order valence-electron chi connectivity index (χ2n) is 35.6. The van der Waals surface area contributed by atoms with Crippen LogP contribution in [-0.4, -0.2) is 0 Å². The molecule has 5 heterocycles. The quantitative estimate of drug-likeness (QED) is 0.153. The Hall–Kier alpha value is -8.15. The summed E-state index contributed by atoms with van der Waals surface area (Å²) in [5.41, 5.74) is 53.1. The molecule has 546 valence electrons. The highest BCUT2D eigenvalue weighted by Crippen LogP contribution is 2.54. The number of aromatic nitrogens is 5. The molecule has 5 aromatic heterocycles. The van der Waals surface area contributed by atoms with Crippen LogP contribution in [0, 0.1) is 62.3 Å². The minimum atomic E-state index is 0.444. The molecule has 5 nitrogen and oxygen atoms in total. The Balaban J connectivity index is 0.000000102. The summed E-state index contributed by atoms with van der Waals surface area (Å²) >= 11 is 0. The minimum Gasteiger partial charge on any atom is -0.201 e. The van der Waals surface area contributed by atoms with E-state index in [1.54, 1.807) is 83.5 Å². The maximum absolute atomic E-state index is 2.52. The van der Waals surface area contributed by atoms with Gasteiger partial charge in [-0.2, -0.15) is 0 Å². The Morgan fingerprint density at radius 1 is 0.274 bits per heavy atom. The van der Waals surface area contributed by atoms with Gasteiger partial charge in [0.15, 0.2) is 31.0 Å². The standard InChI is InChI=1S/C22H28N.C21H26N.C20H24N.2C19H22N/c1-15-9-12-23(4)20(13-15)19-14-17-7-5-10-22(3)11-6-8-18(16(19)2)21(17)22;1-14-10-11-22(3)20(12-14)19-13-17-8-4-6-16-7-5-9-18(15(19)2)21(16)17;1-13-9-10-21(3)19(11-13)18-12-16-6-4-5-15-7-8-17(14(18)2)20(15)16;1-12-8-9-20(3)18(10-12)17-11-15-5-4-14-6-7-16(13(17)2)19(14)15;1-13-15-8-10-19(2)9-7-14(18(15)19)12-16(13)17-6-4-5-11-20(17)3/h9,12-14H,5-8,10-11H2,1-4H3;10-13,16H,4-9H2,1-3H3;9-12,15H,4-8H2,1-3H3;8-11,14H,4-7H2,1-3H3;4-6,11-12H,7-10H2,1-3H3/q5*+1. The molecule has 0 amide bonds. The second kappa shape index (κ2) is 28.8. The molecule has 5 unspecified atom stereocenters. The van der Waals surface area contributed by atoms with Crippen molar-refractivity contribution in [3.05, 3.63) is 262 Å². The molecule has 10 aliphatic rings. The SMILES string of the molecule is Cc1c(-c2cccc[n+]2C)cc2c3c1CCC3(C)CC2.Cc1cc[n+](C)c(-c2cc3c4c(c2C)CCC4CC3)c1.Cc1cc[n+](C)c(-c2cc3c4c(c2C)CCC4CCC3)c1.Cc1cc[n+](C)c(-c2cc3c4c(c2C)CCCC4(C)CCC3)c1.Cc1cc[n+](C)c(-c2cc3c4c(c2C)CCCC4CCC3)c1. The van der Waals surface area contributed by atoms with Crippen LogP contribution in [0.4, 0.5) is 0 Å². The van der Waals surface area contributed by atoms with Crippen LogP contribution in [0.1, 0.15) is 261 Å². The molecule has 5 atom stereocenters. The number of hydrogen-bond acceptors (Lipinski definition) is 0. The maximum Gasteiger partial charge on any atom is 0.212 e. The molecule has 5 aromatic carbocycles. The Bertz CT molecular complexity index is 5160. The first-order chi connectivity index (χ1) is 51.0. The number of aryl methyl sites for hydroxylation is 14. The molecule has 5 heteroatoms. The van der Waals surface area contributed by atoms with E-state index in [0.29, 0.717) is 10.8 Å². The Kier molecular flexibility index (Phi) is 19.6. The highest BCUT2D eigenvalue weighted by molar-refractivity contribution is 5.73. The van der Waals surface area contributed by atoms with Crippen molar-refractivity contribution in [3.63, 3.8) is 0 Å². The third kappa shape index (κ3) is 13.0. The van der Waals surface area contributed by atoms with Crippen LogP contribution in [-0.2, 0) is 110 Å². The maximum atomic E-state index is 2.52. The van der Waals surface area contributed by atoms with Crippen LogP contribution < -0.4 is 22.8 Å². The minimum absolute atomic E-state index is 0.444. The van der Waals surface area contributed by atoms with E-state index < -0.39 is 0 Å². The Morgan fingerprint density at radius 2 is 0.594 bits per heavy atom. The smallest absolute Gasteiger partial charge is 0.201 e. The predicted octanol–water partition coefficient (Wildman–Crippen LogP) is 20.8. The van der Waals surface area contributed by atoms with Crippen molar-refractivity contribution in [2.24, 2.45) is 35.2 Å². The third-order valence-corrected chi connectivity index (χ3v) is 28.7. The van der Waals surface area contributed by atoms with E-state index in [1.807, 2.05) is 0 Å². The molecule has 0 fully saturated rings. The van der Waals surface area contributed by atoms with Gasteiger partial charge < -0.3 is 0 Å². The molecule has 0 saturated carbocycles. The predicted molar refractivity (Wildman–Crippen MR) is 437 cm³/mol. The molecular formula is C101H122N5+5. The number of nitrogens with zero attached hydrogens (tertiary/aromatic N) is 5. The first-order valence-corrected chi connectivity index (χ1v) is 41.6. The monoisotopic (exact) mass is 1400 g/mol. The van der Waals surface area contributed by atoms with Gasteiger partial charge in [-0.05, 0) is 421 Å². The van der Waals surface area contributed by atoms with Crippen molar-refractivity contribution in [1.29, 1.82) is 0 Å². The van der Waals surface area contributed by atoms with Crippen molar-refractivity contribution in [1.82, 2.24) is 0 Å². The van der Waals surface area contributed by atoms with Gasteiger partial charge in [0, 0.05) is 88.5 Å². The lowest BCUT2D eigenvalue weighted by Gasteiger charge is -2.42. The number of pyridine rings is 5. The van der Waals surface area contributed by atoms with Crippen LogP contribution in [0.3, 0.4) is 0 Å². The van der Waals surface area contributed by atoms with Crippen molar-refractivity contribution in [3.8, 4) is 56.3 Å². The Labute approximate surface area is 637 Å². The topological polar surface area (TPSA) is 19.4 Å². The summed E-state index contributed by atoms with van der Waals surface area (Å²) in [7, 11) is 10.8. The highest BCUT2D eigenvalue weighted by atomic mass is 14.9. The average molecular weight is 1410 g/mol. The van der Waals surface area contributed by atoms with Gasteiger partial charge in [-0.3, -0.25) is 0 Å². The zero-order valence-corrected chi connectivity index (χ0v) is 67.8. The summed E-state index contributed by atoms with van der Waals surface area (Å²) in [6.45, 7) is 25.4. The lowest BCUT2D eigenvalue weighted by atomic mass is 9.62. The summed E-state index contributed by atoms with van der Waals surface area (Å²) in [4.78, 5) is 0. The van der Waals surface area contributed by atoms with Crippen LogP contribution >= 0.6 is 0 Å². The van der Waals surface area contributed by atoms with Gasteiger partial charge in [0.2, 0.25) is 28.5 Å².